The fourth-order valence-electron chi connectivity index (χ4n) is 3.07. The van der Waals surface area contributed by atoms with Crippen molar-refractivity contribution in [3.05, 3.63) is 28.2 Å². The molecule has 1 aromatic heterocycles. The zero-order valence-corrected chi connectivity index (χ0v) is 12.0. The van der Waals surface area contributed by atoms with Gasteiger partial charge >= 0.3 is 0 Å². The summed E-state index contributed by atoms with van der Waals surface area (Å²) in [5.41, 5.74) is 0.0681. The SMILES string of the molecule is Cn1nc(C(=O)N2CCC3(CC2)CNC(=O)C3)ccc1=O. The van der Waals surface area contributed by atoms with E-state index in [0.29, 0.717) is 26.1 Å². The highest BCUT2D eigenvalue weighted by Crippen LogP contribution is 2.37. The molecule has 3 heterocycles. The van der Waals surface area contributed by atoms with Crippen LogP contribution in [0, 0.1) is 5.41 Å². The second-order valence-electron chi connectivity index (χ2n) is 5.93. The molecule has 2 fully saturated rings. The van der Waals surface area contributed by atoms with E-state index in [0.717, 1.165) is 17.5 Å². The third kappa shape index (κ3) is 2.55. The van der Waals surface area contributed by atoms with Crippen LogP contribution in [-0.4, -0.2) is 46.1 Å². The molecule has 0 aliphatic carbocycles. The molecule has 1 N–H and O–H groups in total. The van der Waals surface area contributed by atoms with E-state index < -0.39 is 0 Å². The van der Waals surface area contributed by atoms with E-state index >= 15 is 0 Å². The number of carbonyl (C=O) groups is 2. The molecule has 2 aliphatic rings. The Labute approximate surface area is 121 Å². The smallest absolute Gasteiger partial charge is 0.274 e. The summed E-state index contributed by atoms with van der Waals surface area (Å²) in [6, 6.07) is 2.82. The minimum absolute atomic E-state index is 0.0187. The van der Waals surface area contributed by atoms with Crippen LogP contribution in [0.2, 0.25) is 0 Å². The Morgan fingerprint density at radius 2 is 2.00 bits per heavy atom. The van der Waals surface area contributed by atoms with Gasteiger partial charge in [-0.2, -0.15) is 5.10 Å². The summed E-state index contributed by atoms with van der Waals surface area (Å²) < 4.78 is 1.16. The Kier molecular flexibility index (Phi) is 3.27. The Balaban J connectivity index is 1.69. The molecule has 2 saturated heterocycles. The first kappa shape index (κ1) is 13.8. The maximum absolute atomic E-state index is 12.4. The van der Waals surface area contributed by atoms with E-state index in [-0.39, 0.29) is 28.5 Å². The van der Waals surface area contributed by atoms with Crippen LogP contribution in [-0.2, 0) is 11.8 Å². The number of piperidine rings is 1. The average Bonchev–Trinajstić information content (AvgIpc) is 2.83. The summed E-state index contributed by atoms with van der Waals surface area (Å²) in [5.74, 6) is -0.0489. The molecule has 2 aliphatic heterocycles. The summed E-state index contributed by atoms with van der Waals surface area (Å²) in [4.78, 5) is 36.8. The van der Waals surface area contributed by atoms with E-state index in [9.17, 15) is 14.4 Å². The standard InChI is InChI=1S/C14H18N4O3/c1-17-12(20)3-2-10(16-17)13(21)18-6-4-14(5-7-18)8-11(19)15-9-14/h2-3H,4-9H2,1H3,(H,15,19). The largest absolute Gasteiger partial charge is 0.356 e. The third-order valence-electron chi connectivity index (χ3n) is 4.49. The highest BCUT2D eigenvalue weighted by Gasteiger charge is 2.41. The van der Waals surface area contributed by atoms with E-state index in [1.54, 1.807) is 4.90 Å². The Bertz CT molecular complexity index is 644. The van der Waals surface area contributed by atoms with Crippen molar-refractivity contribution in [3.63, 3.8) is 0 Å². The normalized spacial score (nSPS) is 20.6. The van der Waals surface area contributed by atoms with Crippen molar-refractivity contribution in [2.45, 2.75) is 19.3 Å². The predicted molar refractivity (Wildman–Crippen MR) is 74.7 cm³/mol. The second kappa shape index (κ2) is 4.98. The quantitative estimate of drug-likeness (QED) is 0.757. The molecule has 0 bridgehead atoms. The molecule has 7 heteroatoms. The molecule has 0 aromatic carbocycles. The maximum Gasteiger partial charge on any atom is 0.274 e. The van der Waals surface area contributed by atoms with Gasteiger partial charge in [0.15, 0.2) is 0 Å². The van der Waals surface area contributed by atoms with Gasteiger partial charge in [-0.05, 0) is 24.3 Å². The lowest BCUT2D eigenvalue weighted by Crippen LogP contribution is -2.44. The van der Waals surface area contributed by atoms with Gasteiger partial charge in [0, 0.05) is 39.2 Å². The van der Waals surface area contributed by atoms with Crippen LogP contribution in [0.3, 0.4) is 0 Å². The van der Waals surface area contributed by atoms with Crippen LogP contribution in [0.4, 0.5) is 0 Å². The number of nitrogens with zero attached hydrogens (tertiary/aromatic N) is 3. The first-order valence-corrected chi connectivity index (χ1v) is 7.09. The van der Waals surface area contributed by atoms with Crippen LogP contribution in [0.1, 0.15) is 29.8 Å². The second-order valence-corrected chi connectivity index (χ2v) is 5.93. The highest BCUT2D eigenvalue weighted by molar-refractivity contribution is 5.92. The van der Waals surface area contributed by atoms with Gasteiger partial charge in [-0.15, -0.1) is 0 Å². The van der Waals surface area contributed by atoms with Crippen molar-refractivity contribution in [3.8, 4) is 0 Å². The topological polar surface area (TPSA) is 84.3 Å². The van der Waals surface area contributed by atoms with E-state index in [2.05, 4.69) is 10.4 Å². The Morgan fingerprint density at radius 3 is 2.57 bits per heavy atom. The van der Waals surface area contributed by atoms with Crippen LogP contribution in [0.25, 0.3) is 0 Å². The maximum atomic E-state index is 12.4. The lowest BCUT2D eigenvalue weighted by molar-refractivity contribution is -0.119. The van der Waals surface area contributed by atoms with E-state index in [1.165, 1.54) is 19.2 Å². The lowest BCUT2D eigenvalue weighted by atomic mass is 9.77. The van der Waals surface area contributed by atoms with E-state index in [4.69, 9.17) is 0 Å². The minimum Gasteiger partial charge on any atom is -0.356 e. The third-order valence-corrected chi connectivity index (χ3v) is 4.49. The number of aryl methyl sites for hydroxylation is 1. The van der Waals surface area contributed by atoms with Crippen molar-refractivity contribution in [2.75, 3.05) is 19.6 Å². The summed E-state index contributed by atoms with van der Waals surface area (Å²) in [5, 5.41) is 6.87. The minimum atomic E-state index is -0.236. The first-order valence-electron chi connectivity index (χ1n) is 7.09. The molecule has 0 radical (unpaired) electrons. The van der Waals surface area contributed by atoms with E-state index in [1.807, 2.05) is 0 Å². The Hall–Kier alpha value is -2.18. The number of aromatic nitrogens is 2. The molecule has 112 valence electrons. The van der Waals surface area contributed by atoms with Gasteiger partial charge in [0.25, 0.3) is 11.5 Å². The highest BCUT2D eigenvalue weighted by atomic mass is 16.2. The zero-order chi connectivity index (χ0) is 15.0. The molecular formula is C14H18N4O3. The number of hydrogen-bond donors (Lipinski definition) is 1. The van der Waals surface area contributed by atoms with Gasteiger partial charge in [0.1, 0.15) is 5.69 Å². The fraction of sp³-hybridized carbons (Fsp3) is 0.571. The van der Waals surface area contributed by atoms with Crippen molar-refractivity contribution in [1.82, 2.24) is 20.0 Å². The predicted octanol–water partition coefficient (Wildman–Crippen LogP) is -0.477. The molecule has 0 unspecified atom stereocenters. The molecule has 1 aromatic rings. The van der Waals surface area contributed by atoms with Crippen molar-refractivity contribution < 1.29 is 9.59 Å². The summed E-state index contributed by atoms with van der Waals surface area (Å²) >= 11 is 0. The lowest BCUT2D eigenvalue weighted by Gasteiger charge is -2.38. The van der Waals surface area contributed by atoms with Crippen molar-refractivity contribution >= 4 is 11.8 Å². The number of nitrogens with one attached hydrogen (secondary N) is 1. The molecule has 3 rings (SSSR count). The monoisotopic (exact) mass is 290 g/mol. The van der Waals surface area contributed by atoms with Crippen molar-refractivity contribution in [1.29, 1.82) is 0 Å². The van der Waals surface area contributed by atoms with Gasteiger partial charge in [-0.1, -0.05) is 0 Å². The van der Waals surface area contributed by atoms with Crippen LogP contribution in [0.5, 0.6) is 0 Å². The van der Waals surface area contributed by atoms with Crippen LogP contribution < -0.4 is 10.9 Å². The fourth-order valence-corrected chi connectivity index (χ4v) is 3.07. The molecule has 2 amide bonds. The number of likely N-dealkylation sites (tertiary alicyclic amines) is 1. The molecule has 1 spiro atoms. The first-order chi connectivity index (χ1) is 9.99. The van der Waals surface area contributed by atoms with Crippen LogP contribution in [0.15, 0.2) is 16.9 Å². The van der Waals surface area contributed by atoms with Gasteiger partial charge in [0.05, 0.1) is 0 Å². The van der Waals surface area contributed by atoms with Gasteiger partial charge in [-0.3, -0.25) is 14.4 Å². The molecule has 0 atom stereocenters. The number of hydrogen-bond acceptors (Lipinski definition) is 4. The number of rotatable bonds is 1. The van der Waals surface area contributed by atoms with Crippen molar-refractivity contribution in [2.24, 2.45) is 12.5 Å². The van der Waals surface area contributed by atoms with Gasteiger partial charge in [-0.25, -0.2) is 4.68 Å². The molecular weight excluding hydrogens is 272 g/mol. The summed E-state index contributed by atoms with van der Waals surface area (Å²) in [7, 11) is 1.53. The zero-order valence-electron chi connectivity index (χ0n) is 12.0. The van der Waals surface area contributed by atoms with Gasteiger partial charge in [0.2, 0.25) is 5.91 Å². The molecule has 0 saturated carbocycles. The Morgan fingerprint density at radius 1 is 1.29 bits per heavy atom. The molecule has 21 heavy (non-hydrogen) atoms. The van der Waals surface area contributed by atoms with Gasteiger partial charge < -0.3 is 10.2 Å². The summed E-state index contributed by atoms with van der Waals surface area (Å²) in [6.45, 7) is 1.96. The van der Waals surface area contributed by atoms with Crippen LogP contribution >= 0.6 is 0 Å². The number of amides is 2. The molecule has 7 nitrogen and oxygen atoms in total. The number of carbonyl (C=O) groups excluding carboxylic acids is 2. The average molecular weight is 290 g/mol. The summed E-state index contributed by atoms with van der Waals surface area (Å²) in [6.07, 6.45) is 2.21.